The Kier molecular flexibility index (Phi) is 5.25. The summed E-state index contributed by atoms with van der Waals surface area (Å²) in [5.74, 6) is 0.289. The quantitative estimate of drug-likeness (QED) is 0.745. The third-order valence-electron chi connectivity index (χ3n) is 3.43. The highest BCUT2D eigenvalue weighted by Gasteiger charge is 2.11. The van der Waals surface area contributed by atoms with E-state index < -0.39 is 0 Å². The normalized spacial score (nSPS) is 10.6. The van der Waals surface area contributed by atoms with Crippen molar-refractivity contribution >= 4 is 29.0 Å². The van der Waals surface area contributed by atoms with E-state index in [1.165, 1.54) is 22.2 Å². The summed E-state index contributed by atoms with van der Waals surface area (Å²) in [4.78, 5) is 28.2. The number of hydrogen-bond donors (Lipinski definition) is 1. The first-order valence-corrected chi connectivity index (χ1v) is 8.79. The minimum Gasteiger partial charge on any atom is -0.355 e. The molecule has 1 aromatic carbocycles. The van der Waals surface area contributed by atoms with Crippen LogP contribution in [-0.4, -0.2) is 26.4 Å². The van der Waals surface area contributed by atoms with Crippen molar-refractivity contribution in [2.75, 3.05) is 6.54 Å². The van der Waals surface area contributed by atoms with Crippen molar-refractivity contribution < 1.29 is 4.79 Å². The SMILES string of the molecule is CCNC(=O)Cn1cc(-c2nsc(-c3cccc(Cl)c3)n2)ccc1=O. The van der Waals surface area contributed by atoms with Crippen LogP contribution in [0.15, 0.2) is 47.4 Å². The highest BCUT2D eigenvalue weighted by molar-refractivity contribution is 7.09. The van der Waals surface area contributed by atoms with Crippen LogP contribution in [0.25, 0.3) is 22.0 Å². The first-order valence-electron chi connectivity index (χ1n) is 7.64. The first kappa shape index (κ1) is 17.3. The van der Waals surface area contributed by atoms with Gasteiger partial charge >= 0.3 is 0 Å². The Hall–Kier alpha value is -2.51. The smallest absolute Gasteiger partial charge is 0.251 e. The molecule has 8 heteroatoms. The predicted octanol–water partition coefficient (Wildman–Crippen LogP) is 2.82. The van der Waals surface area contributed by atoms with E-state index in [2.05, 4.69) is 14.7 Å². The van der Waals surface area contributed by atoms with Crippen molar-refractivity contribution in [3.8, 4) is 22.0 Å². The van der Waals surface area contributed by atoms with Gasteiger partial charge in [0.1, 0.15) is 11.6 Å². The second kappa shape index (κ2) is 7.58. The Balaban J connectivity index is 1.90. The van der Waals surface area contributed by atoms with E-state index in [-0.39, 0.29) is 18.0 Å². The minimum atomic E-state index is -0.250. The van der Waals surface area contributed by atoms with E-state index in [0.717, 1.165) is 10.6 Å². The second-order valence-electron chi connectivity index (χ2n) is 5.27. The Morgan fingerprint density at radius 1 is 1.28 bits per heavy atom. The zero-order valence-corrected chi connectivity index (χ0v) is 15.0. The fourth-order valence-corrected chi connectivity index (χ4v) is 3.14. The summed E-state index contributed by atoms with van der Waals surface area (Å²) >= 11 is 7.26. The second-order valence-corrected chi connectivity index (χ2v) is 6.46. The van der Waals surface area contributed by atoms with Gasteiger partial charge in [-0.05, 0) is 36.7 Å². The topological polar surface area (TPSA) is 76.9 Å². The van der Waals surface area contributed by atoms with Gasteiger partial charge in [0.05, 0.1) is 0 Å². The maximum absolute atomic E-state index is 11.9. The molecule has 0 bridgehead atoms. The summed E-state index contributed by atoms with van der Waals surface area (Å²) in [5.41, 5.74) is 1.31. The molecule has 0 fully saturated rings. The number of amides is 1. The van der Waals surface area contributed by atoms with E-state index in [4.69, 9.17) is 11.6 Å². The maximum atomic E-state index is 11.9. The van der Waals surface area contributed by atoms with Gasteiger partial charge in [0, 0.05) is 35.0 Å². The van der Waals surface area contributed by atoms with Crippen LogP contribution in [-0.2, 0) is 11.3 Å². The molecule has 0 aliphatic rings. The van der Waals surface area contributed by atoms with E-state index in [1.807, 2.05) is 25.1 Å². The monoisotopic (exact) mass is 374 g/mol. The molecule has 3 aromatic rings. The van der Waals surface area contributed by atoms with Crippen LogP contribution >= 0.6 is 23.1 Å². The largest absolute Gasteiger partial charge is 0.355 e. The molecular weight excluding hydrogens is 360 g/mol. The molecule has 1 N–H and O–H groups in total. The number of rotatable bonds is 5. The van der Waals surface area contributed by atoms with Gasteiger partial charge in [0.15, 0.2) is 5.82 Å². The molecule has 25 heavy (non-hydrogen) atoms. The molecule has 2 heterocycles. The molecule has 0 spiro atoms. The number of pyridine rings is 1. The van der Waals surface area contributed by atoms with E-state index in [9.17, 15) is 9.59 Å². The average Bonchev–Trinajstić information content (AvgIpc) is 3.07. The van der Waals surface area contributed by atoms with Crippen LogP contribution in [0.1, 0.15) is 6.92 Å². The van der Waals surface area contributed by atoms with Crippen molar-refractivity contribution in [1.82, 2.24) is 19.2 Å². The molecule has 0 radical (unpaired) electrons. The molecule has 3 rings (SSSR count). The Morgan fingerprint density at radius 3 is 2.88 bits per heavy atom. The summed E-state index contributed by atoms with van der Waals surface area (Å²) in [6, 6.07) is 10.4. The number of nitrogens with one attached hydrogen (secondary N) is 1. The number of carbonyl (C=O) groups excluding carboxylic acids is 1. The predicted molar refractivity (Wildman–Crippen MR) is 98.7 cm³/mol. The standard InChI is InChI=1S/C17H15ClN4O2S/c1-2-19-14(23)10-22-9-12(6-7-15(22)24)16-20-17(25-21-16)11-4-3-5-13(18)8-11/h3-9H,2,10H2,1H3,(H,19,23). The molecule has 0 atom stereocenters. The lowest BCUT2D eigenvalue weighted by atomic mass is 10.2. The lowest BCUT2D eigenvalue weighted by Crippen LogP contribution is -2.31. The minimum absolute atomic E-state index is 0.0359. The molecule has 1 amide bonds. The molecule has 0 saturated carbocycles. The number of aromatic nitrogens is 3. The molecule has 2 aromatic heterocycles. The summed E-state index contributed by atoms with van der Waals surface area (Å²) in [7, 11) is 0. The number of carbonyl (C=O) groups is 1. The first-order chi connectivity index (χ1) is 12.1. The van der Waals surface area contributed by atoms with Crippen LogP contribution in [0.4, 0.5) is 0 Å². The summed E-state index contributed by atoms with van der Waals surface area (Å²) in [5, 5.41) is 4.04. The summed E-state index contributed by atoms with van der Waals surface area (Å²) < 4.78 is 5.70. The van der Waals surface area contributed by atoms with Crippen molar-refractivity contribution in [1.29, 1.82) is 0 Å². The van der Waals surface area contributed by atoms with Gasteiger partial charge in [-0.1, -0.05) is 23.7 Å². The fraction of sp³-hybridized carbons (Fsp3) is 0.176. The maximum Gasteiger partial charge on any atom is 0.251 e. The fourth-order valence-electron chi connectivity index (χ4n) is 2.27. The number of benzene rings is 1. The number of nitrogens with zero attached hydrogens (tertiary/aromatic N) is 3. The van der Waals surface area contributed by atoms with Crippen LogP contribution in [0.3, 0.4) is 0 Å². The molecule has 0 aliphatic heterocycles. The van der Waals surface area contributed by atoms with E-state index in [1.54, 1.807) is 18.3 Å². The third-order valence-corrected chi connectivity index (χ3v) is 4.43. The van der Waals surface area contributed by atoms with Crippen molar-refractivity contribution in [3.63, 3.8) is 0 Å². The lowest BCUT2D eigenvalue weighted by molar-refractivity contribution is -0.121. The molecule has 0 aliphatic carbocycles. The average molecular weight is 375 g/mol. The molecular formula is C17H15ClN4O2S. The van der Waals surface area contributed by atoms with Crippen LogP contribution in [0, 0.1) is 0 Å². The highest BCUT2D eigenvalue weighted by atomic mass is 35.5. The Morgan fingerprint density at radius 2 is 2.12 bits per heavy atom. The van der Waals surface area contributed by atoms with Crippen molar-refractivity contribution in [2.45, 2.75) is 13.5 Å². The van der Waals surface area contributed by atoms with Gasteiger partial charge < -0.3 is 9.88 Å². The van der Waals surface area contributed by atoms with Crippen molar-refractivity contribution in [2.24, 2.45) is 0 Å². The van der Waals surface area contributed by atoms with Gasteiger partial charge in [0.25, 0.3) is 5.56 Å². The summed E-state index contributed by atoms with van der Waals surface area (Å²) in [6.45, 7) is 2.31. The van der Waals surface area contributed by atoms with Crippen LogP contribution in [0.2, 0.25) is 5.02 Å². The molecule has 128 valence electrons. The Bertz CT molecular complexity index is 967. The van der Waals surface area contributed by atoms with Crippen LogP contribution < -0.4 is 10.9 Å². The van der Waals surface area contributed by atoms with E-state index >= 15 is 0 Å². The number of likely N-dealkylation sites (N-methyl/N-ethyl adjacent to an activating group) is 1. The van der Waals surface area contributed by atoms with Crippen LogP contribution in [0.5, 0.6) is 0 Å². The van der Waals surface area contributed by atoms with Gasteiger partial charge in [-0.15, -0.1) is 0 Å². The third kappa shape index (κ3) is 4.12. The number of hydrogen-bond acceptors (Lipinski definition) is 5. The zero-order valence-electron chi connectivity index (χ0n) is 13.4. The van der Waals surface area contributed by atoms with Gasteiger partial charge in [-0.2, -0.15) is 4.37 Å². The van der Waals surface area contributed by atoms with Gasteiger partial charge in [-0.25, -0.2) is 4.98 Å². The highest BCUT2D eigenvalue weighted by Crippen LogP contribution is 2.27. The molecule has 0 unspecified atom stereocenters. The van der Waals surface area contributed by atoms with Gasteiger partial charge in [-0.3, -0.25) is 9.59 Å². The molecule has 0 saturated heterocycles. The zero-order chi connectivity index (χ0) is 17.8. The van der Waals surface area contributed by atoms with Crippen molar-refractivity contribution in [3.05, 3.63) is 58.0 Å². The number of halogens is 1. The molecule has 6 nitrogen and oxygen atoms in total. The summed E-state index contributed by atoms with van der Waals surface area (Å²) in [6.07, 6.45) is 1.60. The Labute approximate surface area is 153 Å². The van der Waals surface area contributed by atoms with Gasteiger partial charge in [0.2, 0.25) is 5.91 Å². The lowest BCUT2D eigenvalue weighted by Gasteiger charge is -2.06. The van der Waals surface area contributed by atoms with E-state index in [0.29, 0.717) is 23.0 Å².